The number of carboxylic acid groups (broad SMARTS) is 1. The highest BCUT2D eigenvalue weighted by Gasteiger charge is 2.24. The molecule has 6 heteroatoms. The van der Waals surface area contributed by atoms with E-state index < -0.39 is 11.9 Å². The Morgan fingerprint density at radius 2 is 1.95 bits per heavy atom. The first-order valence-electron chi connectivity index (χ1n) is 7.13. The molecule has 4 N–H and O–H groups in total. The van der Waals surface area contributed by atoms with E-state index in [1.807, 2.05) is 23.1 Å². The van der Waals surface area contributed by atoms with Crippen molar-refractivity contribution >= 4 is 17.6 Å². The van der Waals surface area contributed by atoms with Gasteiger partial charge in [0.15, 0.2) is 0 Å². The molecule has 1 aliphatic rings. The Kier molecular flexibility index (Phi) is 5.16. The Balaban J connectivity index is 2.30. The molecule has 0 unspecified atom stereocenters. The Labute approximate surface area is 123 Å². The van der Waals surface area contributed by atoms with Crippen molar-refractivity contribution in [2.45, 2.75) is 25.3 Å². The Morgan fingerprint density at radius 3 is 2.57 bits per heavy atom. The van der Waals surface area contributed by atoms with Gasteiger partial charge in [-0.3, -0.25) is 9.59 Å². The quantitative estimate of drug-likeness (QED) is 0.703. The van der Waals surface area contributed by atoms with Crippen LogP contribution in [0.3, 0.4) is 0 Å². The number of nitrogens with zero attached hydrogens (tertiary/aromatic N) is 1. The molecule has 1 fully saturated rings. The van der Waals surface area contributed by atoms with Gasteiger partial charge in [-0.25, -0.2) is 0 Å². The van der Waals surface area contributed by atoms with Gasteiger partial charge in [0, 0.05) is 11.7 Å². The van der Waals surface area contributed by atoms with Crippen LogP contribution in [0.2, 0.25) is 0 Å². The van der Waals surface area contributed by atoms with Gasteiger partial charge in [-0.2, -0.15) is 0 Å². The topological polar surface area (TPSA) is 95.7 Å². The molecule has 1 amide bonds. The van der Waals surface area contributed by atoms with E-state index in [2.05, 4.69) is 5.32 Å². The van der Waals surface area contributed by atoms with Gasteiger partial charge in [0.2, 0.25) is 5.91 Å². The number of anilines is 1. The monoisotopic (exact) mass is 291 g/mol. The van der Waals surface area contributed by atoms with E-state index in [0.29, 0.717) is 5.56 Å². The van der Waals surface area contributed by atoms with E-state index in [-0.39, 0.29) is 19.0 Å². The van der Waals surface area contributed by atoms with Crippen LogP contribution >= 0.6 is 0 Å². The van der Waals surface area contributed by atoms with Crippen molar-refractivity contribution in [3.63, 3.8) is 0 Å². The van der Waals surface area contributed by atoms with Crippen molar-refractivity contribution in [2.24, 2.45) is 5.73 Å². The summed E-state index contributed by atoms with van der Waals surface area (Å²) >= 11 is 0. The van der Waals surface area contributed by atoms with Gasteiger partial charge in [-0.05, 0) is 37.6 Å². The summed E-state index contributed by atoms with van der Waals surface area (Å²) in [6.07, 6.45) is 1.76. The number of nitrogens with two attached hydrogens (primary N) is 1. The number of amides is 1. The van der Waals surface area contributed by atoms with Crippen LogP contribution in [0.25, 0.3) is 0 Å². The maximum Gasteiger partial charge on any atom is 0.307 e. The predicted molar refractivity (Wildman–Crippen MR) is 80.2 cm³/mol. The summed E-state index contributed by atoms with van der Waals surface area (Å²) in [6, 6.07) is 7.53. The highest BCUT2D eigenvalue weighted by atomic mass is 16.4. The second kappa shape index (κ2) is 7.08. The molecule has 21 heavy (non-hydrogen) atoms. The van der Waals surface area contributed by atoms with Crippen molar-refractivity contribution in [3.8, 4) is 0 Å². The van der Waals surface area contributed by atoms with Gasteiger partial charge in [-0.1, -0.05) is 18.2 Å². The molecule has 0 radical (unpaired) electrons. The normalized spacial score (nSPS) is 15.6. The average Bonchev–Trinajstić information content (AvgIpc) is 2.46. The summed E-state index contributed by atoms with van der Waals surface area (Å²) in [5, 5.41) is 12.3. The van der Waals surface area contributed by atoms with E-state index in [1.165, 1.54) is 0 Å². The Morgan fingerprint density at radius 1 is 1.29 bits per heavy atom. The fourth-order valence-corrected chi connectivity index (χ4v) is 2.80. The van der Waals surface area contributed by atoms with E-state index in [9.17, 15) is 9.59 Å². The number of primary amides is 1. The fourth-order valence-electron chi connectivity index (χ4n) is 2.80. The van der Waals surface area contributed by atoms with E-state index in [4.69, 9.17) is 10.8 Å². The smallest absolute Gasteiger partial charge is 0.307 e. The highest BCUT2D eigenvalue weighted by molar-refractivity contribution is 5.81. The molecule has 1 aromatic carbocycles. The number of rotatable bonds is 6. The lowest BCUT2D eigenvalue weighted by atomic mass is 10.0. The summed E-state index contributed by atoms with van der Waals surface area (Å²) in [6.45, 7) is 1.89. The number of nitrogens with one attached hydrogen (secondary N) is 1. The van der Waals surface area contributed by atoms with Crippen LogP contribution in [0.15, 0.2) is 24.3 Å². The molecule has 1 heterocycles. The molecule has 0 saturated carbocycles. The second-order valence-electron chi connectivity index (χ2n) is 5.27. The zero-order chi connectivity index (χ0) is 15.2. The van der Waals surface area contributed by atoms with Gasteiger partial charge in [-0.15, -0.1) is 0 Å². The second-order valence-corrected chi connectivity index (χ2v) is 5.27. The third-order valence-corrected chi connectivity index (χ3v) is 3.72. The molecule has 0 bridgehead atoms. The van der Waals surface area contributed by atoms with Crippen molar-refractivity contribution in [1.29, 1.82) is 0 Å². The van der Waals surface area contributed by atoms with Crippen LogP contribution in [-0.4, -0.2) is 42.7 Å². The van der Waals surface area contributed by atoms with E-state index in [0.717, 1.165) is 31.6 Å². The van der Waals surface area contributed by atoms with Crippen LogP contribution in [0.1, 0.15) is 18.4 Å². The van der Waals surface area contributed by atoms with Gasteiger partial charge >= 0.3 is 5.97 Å². The highest BCUT2D eigenvalue weighted by Crippen LogP contribution is 2.26. The maximum absolute atomic E-state index is 11.4. The van der Waals surface area contributed by atoms with Crippen LogP contribution in [-0.2, 0) is 16.0 Å². The minimum Gasteiger partial charge on any atom is -0.481 e. The van der Waals surface area contributed by atoms with Crippen molar-refractivity contribution in [1.82, 2.24) is 5.32 Å². The van der Waals surface area contributed by atoms with Crippen molar-refractivity contribution < 1.29 is 14.7 Å². The molecule has 1 aromatic rings. The van der Waals surface area contributed by atoms with Crippen LogP contribution in [0, 0.1) is 0 Å². The number of carbonyl (C=O) groups excluding carboxylic acids is 1. The number of hydrogen-bond donors (Lipinski definition) is 3. The number of benzene rings is 1. The molecule has 114 valence electrons. The molecule has 1 aliphatic heterocycles. The zero-order valence-electron chi connectivity index (χ0n) is 11.9. The first-order valence-corrected chi connectivity index (χ1v) is 7.13. The summed E-state index contributed by atoms with van der Waals surface area (Å²) in [5.41, 5.74) is 6.89. The van der Waals surface area contributed by atoms with E-state index >= 15 is 0 Å². The molecular weight excluding hydrogens is 270 g/mol. The number of carbonyl (C=O) groups is 2. The minimum atomic E-state index is -0.883. The number of hydrogen-bond acceptors (Lipinski definition) is 4. The van der Waals surface area contributed by atoms with Gasteiger partial charge in [0.25, 0.3) is 0 Å². The maximum atomic E-state index is 11.4. The fraction of sp³-hybridized carbons (Fsp3) is 0.467. The number of carboxylic acids is 1. The van der Waals surface area contributed by atoms with Crippen LogP contribution in [0.5, 0.6) is 0 Å². The summed E-state index contributed by atoms with van der Waals surface area (Å²) < 4.78 is 0. The van der Waals surface area contributed by atoms with Gasteiger partial charge in [0.05, 0.1) is 13.0 Å². The average molecular weight is 291 g/mol. The molecule has 2 rings (SSSR count). The Hall–Kier alpha value is -2.08. The lowest BCUT2D eigenvalue weighted by Crippen LogP contribution is -2.47. The third-order valence-electron chi connectivity index (χ3n) is 3.72. The molecule has 0 spiro atoms. The van der Waals surface area contributed by atoms with Gasteiger partial charge < -0.3 is 21.1 Å². The molecule has 6 nitrogen and oxygen atoms in total. The molecule has 1 saturated heterocycles. The number of para-hydroxylation sites is 1. The zero-order valence-corrected chi connectivity index (χ0v) is 11.9. The largest absolute Gasteiger partial charge is 0.481 e. The minimum absolute atomic E-state index is 0.0591. The predicted octanol–water partition coefficient (Wildman–Crippen LogP) is 0.357. The third kappa shape index (κ3) is 4.19. The first kappa shape index (κ1) is 15.3. The molecular formula is C15H21N3O3. The first-order chi connectivity index (χ1) is 10.1. The van der Waals surface area contributed by atoms with Crippen molar-refractivity contribution in [2.75, 3.05) is 24.5 Å². The lowest BCUT2D eigenvalue weighted by Gasteiger charge is -2.36. The van der Waals surface area contributed by atoms with Crippen LogP contribution < -0.4 is 16.0 Å². The number of aliphatic carboxylic acids is 1. The summed E-state index contributed by atoms with van der Waals surface area (Å²) in [4.78, 5) is 24.4. The lowest BCUT2D eigenvalue weighted by molar-refractivity contribution is -0.136. The van der Waals surface area contributed by atoms with Crippen molar-refractivity contribution in [3.05, 3.63) is 29.8 Å². The molecule has 0 aliphatic carbocycles. The standard InChI is InChI=1S/C15H21N3O3/c16-14(19)10-18(12-5-7-17-8-6-12)13-4-2-1-3-11(13)9-15(20)21/h1-4,12,17H,5-10H2,(H2,16,19)(H,20,21). The molecule has 0 aromatic heterocycles. The van der Waals surface area contributed by atoms with E-state index in [1.54, 1.807) is 6.07 Å². The summed E-state index contributed by atoms with van der Waals surface area (Å²) in [5.74, 6) is -1.29. The SMILES string of the molecule is NC(=O)CN(c1ccccc1CC(=O)O)C1CCNCC1. The summed E-state index contributed by atoms with van der Waals surface area (Å²) in [7, 11) is 0. The van der Waals surface area contributed by atoms with Gasteiger partial charge in [0.1, 0.15) is 0 Å². The Bertz CT molecular complexity index is 513. The van der Waals surface area contributed by atoms with Crippen LogP contribution in [0.4, 0.5) is 5.69 Å². The number of piperidine rings is 1. The molecule has 0 atom stereocenters.